The fourth-order valence-electron chi connectivity index (χ4n) is 1.70. The van der Waals surface area contributed by atoms with E-state index in [9.17, 15) is 4.79 Å². The molecule has 0 aromatic heterocycles. The van der Waals surface area contributed by atoms with Crippen molar-refractivity contribution in [2.24, 2.45) is 10.7 Å². The summed E-state index contributed by atoms with van der Waals surface area (Å²) >= 11 is 0. The smallest absolute Gasteiger partial charge is 0.255 e. The topological polar surface area (TPSA) is 88.7 Å². The molecular weight excluding hydrogens is 268 g/mol. The number of primary amides is 1. The van der Waals surface area contributed by atoms with Gasteiger partial charge in [-0.3, -0.25) is 9.79 Å². The van der Waals surface area contributed by atoms with Crippen LogP contribution in [0.4, 0.5) is 0 Å². The average molecular weight is 292 g/mol. The Hall–Kier alpha value is -2.24. The SMILES string of the molecule is CCCNC(=NC)NCCc1ccc(OCC(N)=O)cc1. The minimum absolute atomic E-state index is 0.0969. The highest BCUT2D eigenvalue weighted by atomic mass is 16.5. The zero-order valence-electron chi connectivity index (χ0n) is 12.7. The van der Waals surface area contributed by atoms with E-state index in [-0.39, 0.29) is 6.61 Å². The van der Waals surface area contributed by atoms with Gasteiger partial charge in [0.2, 0.25) is 0 Å². The van der Waals surface area contributed by atoms with Gasteiger partial charge in [0.05, 0.1) is 0 Å². The summed E-state index contributed by atoms with van der Waals surface area (Å²) in [6.45, 7) is 3.72. The van der Waals surface area contributed by atoms with Gasteiger partial charge < -0.3 is 21.1 Å². The van der Waals surface area contributed by atoms with Gasteiger partial charge in [-0.05, 0) is 30.5 Å². The molecule has 0 aliphatic heterocycles. The number of carbonyl (C=O) groups is 1. The molecule has 21 heavy (non-hydrogen) atoms. The molecule has 1 rings (SSSR count). The zero-order valence-corrected chi connectivity index (χ0v) is 12.7. The first-order chi connectivity index (χ1) is 10.2. The molecule has 6 nitrogen and oxygen atoms in total. The molecule has 1 amide bonds. The van der Waals surface area contributed by atoms with Crippen molar-refractivity contribution < 1.29 is 9.53 Å². The van der Waals surface area contributed by atoms with E-state index in [4.69, 9.17) is 10.5 Å². The highest BCUT2D eigenvalue weighted by Crippen LogP contribution is 2.12. The van der Waals surface area contributed by atoms with Gasteiger partial charge in [0, 0.05) is 20.1 Å². The van der Waals surface area contributed by atoms with E-state index in [1.807, 2.05) is 24.3 Å². The molecule has 0 saturated heterocycles. The minimum atomic E-state index is -0.478. The van der Waals surface area contributed by atoms with Crippen LogP contribution in [0.25, 0.3) is 0 Å². The van der Waals surface area contributed by atoms with Crippen molar-refractivity contribution in [3.63, 3.8) is 0 Å². The first-order valence-corrected chi connectivity index (χ1v) is 7.10. The molecule has 1 aromatic carbocycles. The standard InChI is InChI=1S/C15H24N4O2/c1-3-9-18-15(17-2)19-10-8-12-4-6-13(7-5-12)21-11-14(16)20/h4-7H,3,8-11H2,1-2H3,(H2,16,20)(H2,17,18,19). The molecule has 0 fully saturated rings. The van der Waals surface area contributed by atoms with Crippen LogP contribution in [0.2, 0.25) is 0 Å². The summed E-state index contributed by atoms with van der Waals surface area (Å²) in [7, 11) is 1.76. The first-order valence-electron chi connectivity index (χ1n) is 7.10. The third kappa shape index (κ3) is 7.20. The maximum Gasteiger partial charge on any atom is 0.255 e. The van der Waals surface area contributed by atoms with Crippen LogP contribution in [-0.4, -0.2) is 38.6 Å². The molecule has 0 saturated carbocycles. The maximum atomic E-state index is 10.6. The number of nitrogens with two attached hydrogens (primary N) is 1. The van der Waals surface area contributed by atoms with E-state index >= 15 is 0 Å². The lowest BCUT2D eigenvalue weighted by atomic mass is 10.1. The number of amides is 1. The minimum Gasteiger partial charge on any atom is -0.484 e. The second-order valence-corrected chi connectivity index (χ2v) is 4.57. The lowest BCUT2D eigenvalue weighted by Gasteiger charge is -2.11. The number of nitrogens with one attached hydrogen (secondary N) is 2. The summed E-state index contributed by atoms with van der Waals surface area (Å²) in [6, 6.07) is 7.62. The number of nitrogens with zero attached hydrogens (tertiary/aromatic N) is 1. The van der Waals surface area contributed by atoms with Crippen molar-refractivity contribution in [1.29, 1.82) is 0 Å². The van der Waals surface area contributed by atoms with Gasteiger partial charge in [-0.1, -0.05) is 19.1 Å². The number of carbonyl (C=O) groups excluding carboxylic acids is 1. The van der Waals surface area contributed by atoms with Crippen LogP contribution in [0.5, 0.6) is 5.75 Å². The fourth-order valence-corrected chi connectivity index (χ4v) is 1.70. The molecule has 0 heterocycles. The second kappa shape index (κ2) is 9.63. The zero-order chi connectivity index (χ0) is 15.5. The Morgan fingerprint density at radius 3 is 2.48 bits per heavy atom. The molecule has 0 radical (unpaired) electrons. The highest BCUT2D eigenvalue weighted by molar-refractivity contribution is 5.79. The number of benzene rings is 1. The van der Waals surface area contributed by atoms with Crippen molar-refractivity contribution in [3.05, 3.63) is 29.8 Å². The van der Waals surface area contributed by atoms with E-state index in [0.717, 1.165) is 31.9 Å². The highest BCUT2D eigenvalue weighted by Gasteiger charge is 1.99. The largest absolute Gasteiger partial charge is 0.484 e. The fraction of sp³-hybridized carbons (Fsp3) is 0.467. The summed E-state index contributed by atoms with van der Waals surface area (Å²) in [4.78, 5) is 14.8. The molecule has 1 aromatic rings. The first kappa shape index (κ1) is 16.8. The molecule has 116 valence electrons. The molecular formula is C15H24N4O2. The normalized spacial score (nSPS) is 11.0. The van der Waals surface area contributed by atoms with Crippen molar-refractivity contribution in [3.8, 4) is 5.75 Å². The van der Waals surface area contributed by atoms with Gasteiger partial charge in [0.1, 0.15) is 5.75 Å². The molecule has 0 aliphatic carbocycles. The van der Waals surface area contributed by atoms with Crippen LogP contribution in [0.15, 0.2) is 29.3 Å². The average Bonchev–Trinajstić information content (AvgIpc) is 2.49. The molecule has 0 spiro atoms. The predicted molar refractivity (Wildman–Crippen MR) is 84.5 cm³/mol. The second-order valence-electron chi connectivity index (χ2n) is 4.57. The quantitative estimate of drug-likeness (QED) is 0.485. The molecule has 0 atom stereocenters. The van der Waals surface area contributed by atoms with Crippen LogP contribution in [-0.2, 0) is 11.2 Å². The van der Waals surface area contributed by atoms with E-state index in [2.05, 4.69) is 22.5 Å². The predicted octanol–water partition coefficient (Wildman–Crippen LogP) is 0.668. The Kier molecular flexibility index (Phi) is 7.71. The monoisotopic (exact) mass is 292 g/mol. The van der Waals surface area contributed by atoms with Crippen LogP contribution in [0.3, 0.4) is 0 Å². The van der Waals surface area contributed by atoms with E-state index in [1.165, 1.54) is 5.56 Å². The van der Waals surface area contributed by atoms with Crippen molar-refractivity contribution in [1.82, 2.24) is 10.6 Å². The Balaban J connectivity index is 2.33. The number of hydrogen-bond donors (Lipinski definition) is 3. The Bertz CT molecular complexity index is 457. The van der Waals surface area contributed by atoms with Crippen LogP contribution in [0.1, 0.15) is 18.9 Å². The molecule has 0 aliphatic rings. The summed E-state index contributed by atoms with van der Waals surface area (Å²) in [5, 5.41) is 6.47. The summed E-state index contributed by atoms with van der Waals surface area (Å²) in [6.07, 6.45) is 1.94. The summed E-state index contributed by atoms with van der Waals surface area (Å²) < 4.78 is 5.21. The number of hydrogen-bond acceptors (Lipinski definition) is 3. The Morgan fingerprint density at radius 2 is 1.90 bits per heavy atom. The maximum absolute atomic E-state index is 10.6. The Morgan fingerprint density at radius 1 is 1.24 bits per heavy atom. The van der Waals surface area contributed by atoms with Crippen LogP contribution < -0.4 is 21.1 Å². The van der Waals surface area contributed by atoms with E-state index in [1.54, 1.807) is 7.05 Å². The number of aliphatic imine (C=N–C) groups is 1. The number of ether oxygens (including phenoxy) is 1. The van der Waals surface area contributed by atoms with E-state index in [0.29, 0.717) is 5.75 Å². The number of guanidine groups is 1. The lowest BCUT2D eigenvalue weighted by molar-refractivity contribution is -0.119. The number of rotatable bonds is 8. The van der Waals surface area contributed by atoms with Gasteiger partial charge >= 0.3 is 0 Å². The van der Waals surface area contributed by atoms with Gasteiger partial charge in [0.15, 0.2) is 12.6 Å². The van der Waals surface area contributed by atoms with Crippen molar-refractivity contribution in [2.45, 2.75) is 19.8 Å². The van der Waals surface area contributed by atoms with Gasteiger partial charge in [-0.25, -0.2) is 0 Å². The van der Waals surface area contributed by atoms with E-state index < -0.39 is 5.91 Å². The Labute approximate surface area is 125 Å². The summed E-state index contributed by atoms with van der Waals surface area (Å²) in [5.41, 5.74) is 6.20. The van der Waals surface area contributed by atoms with Gasteiger partial charge in [-0.15, -0.1) is 0 Å². The summed E-state index contributed by atoms with van der Waals surface area (Å²) in [5.74, 6) is 0.985. The van der Waals surface area contributed by atoms with Crippen molar-refractivity contribution >= 4 is 11.9 Å². The van der Waals surface area contributed by atoms with Crippen LogP contribution in [0, 0.1) is 0 Å². The van der Waals surface area contributed by atoms with Gasteiger partial charge in [0.25, 0.3) is 5.91 Å². The van der Waals surface area contributed by atoms with Crippen LogP contribution >= 0.6 is 0 Å². The molecule has 0 bridgehead atoms. The third-order valence-electron chi connectivity index (χ3n) is 2.78. The third-order valence-corrected chi connectivity index (χ3v) is 2.78. The molecule has 6 heteroatoms. The van der Waals surface area contributed by atoms with Crippen molar-refractivity contribution in [2.75, 3.05) is 26.7 Å². The lowest BCUT2D eigenvalue weighted by Crippen LogP contribution is -2.38. The molecule has 0 unspecified atom stereocenters. The van der Waals surface area contributed by atoms with Gasteiger partial charge in [-0.2, -0.15) is 0 Å². The molecule has 4 N–H and O–H groups in total.